The molecule has 1 heterocycles. The van der Waals surface area contributed by atoms with Crippen molar-refractivity contribution in [2.75, 3.05) is 18.0 Å². The number of carbonyl (C=O) groups is 1. The molecule has 1 aliphatic heterocycles. The summed E-state index contributed by atoms with van der Waals surface area (Å²) in [4.78, 5) is 14.0. The normalized spacial score (nSPS) is 13.2. The highest BCUT2D eigenvalue weighted by molar-refractivity contribution is 5.94. The molecule has 0 aromatic heterocycles. The van der Waals surface area contributed by atoms with Gasteiger partial charge in [0.25, 0.3) is 0 Å². The summed E-state index contributed by atoms with van der Waals surface area (Å²) in [5, 5.41) is 11.6. The molecule has 0 bridgehead atoms. The van der Waals surface area contributed by atoms with Gasteiger partial charge in [-0.3, -0.25) is 4.90 Å². The van der Waals surface area contributed by atoms with Crippen LogP contribution < -0.4 is 21.7 Å². The number of hydrogen-bond acceptors (Lipinski definition) is 4. The molecule has 2 aromatic rings. The lowest BCUT2D eigenvalue weighted by Gasteiger charge is -2.19. The van der Waals surface area contributed by atoms with Crippen molar-refractivity contribution < 1.29 is 13.6 Å². The molecule has 144 valence electrons. The van der Waals surface area contributed by atoms with E-state index in [0.29, 0.717) is 35.4 Å². The Morgan fingerprint density at radius 2 is 2.07 bits per heavy atom. The molecule has 6 nitrogen and oxygen atoms in total. The van der Waals surface area contributed by atoms with Crippen LogP contribution in [0.1, 0.15) is 22.3 Å². The molecule has 0 saturated carbocycles. The Kier molecular flexibility index (Phi) is 5.57. The Labute approximate surface area is 161 Å². The number of fused-ring (bicyclic) bond motifs is 1. The standard InChI is InChI=1S/C20H19F2N5O/c21-16-4-12(8-23)3-13(5-16)11-26-20(28)27-2-1-14-6-17(15(9-24)10-25)18(22)7-19(14)27/h3-7,9H,1-2,10-11,24-25H2,(H,26,28)/b15-9+. The Hall–Kier alpha value is -3.44. The van der Waals surface area contributed by atoms with Gasteiger partial charge in [0.15, 0.2) is 0 Å². The van der Waals surface area contributed by atoms with E-state index in [9.17, 15) is 13.6 Å². The zero-order valence-corrected chi connectivity index (χ0v) is 15.0. The van der Waals surface area contributed by atoms with Gasteiger partial charge >= 0.3 is 6.03 Å². The third-order valence-corrected chi connectivity index (χ3v) is 4.61. The number of carbonyl (C=O) groups excluding carboxylic acids is 1. The fraction of sp³-hybridized carbons (Fsp3) is 0.200. The van der Waals surface area contributed by atoms with Crippen LogP contribution in [0.5, 0.6) is 0 Å². The number of nitrogens with two attached hydrogens (primary N) is 2. The first kappa shape index (κ1) is 19.3. The number of benzene rings is 2. The van der Waals surface area contributed by atoms with Gasteiger partial charge in [-0.05, 0) is 59.7 Å². The van der Waals surface area contributed by atoms with Gasteiger partial charge in [0.05, 0.1) is 17.3 Å². The lowest BCUT2D eigenvalue weighted by molar-refractivity contribution is 0.246. The van der Waals surface area contributed by atoms with Crippen molar-refractivity contribution in [3.63, 3.8) is 0 Å². The predicted molar refractivity (Wildman–Crippen MR) is 102 cm³/mol. The molecule has 5 N–H and O–H groups in total. The van der Waals surface area contributed by atoms with Gasteiger partial charge in [-0.15, -0.1) is 0 Å². The van der Waals surface area contributed by atoms with Crippen LogP contribution in [0.25, 0.3) is 5.57 Å². The van der Waals surface area contributed by atoms with Crippen LogP contribution in [0.3, 0.4) is 0 Å². The number of nitrogens with one attached hydrogen (secondary N) is 1. The lowest BCUT2D eigenvalue weighted by atomic mass is 10.0. The van der Waals surface area contributed by atoms with E-state index in [4.69, 9.17) is 16.7 Å². The monoisotopic (exact) mass is 383 g/mol. The van der Waals surface area contributed by atoms with Crippen LogP contribution in [-0.2, 0) is 13.0 Å². The van der Waals surface area contributed by atoms with Crippen molar-refractivity contribution >= 4 is 17.3 Å². The number of nitriles is 1. The van der Waals surface area contributed by atoms with E-state index in [1.807, 2.05) is 6.07 Å². The number of hydrogen-bond donors (Lipinski definition) is 3. The number of halogens is 2. The number of urea groups is 1. The van der Waals surface area contributed by atoms with Gasteiger partial charge in [-0.2, -0.15) is 5.26 Å². The third kappa shape index (κ3) is 3.80. The molecule has 28 heavy (non-hydrogen) atoms. The summed E-state index contributed by atoms with van der Waals surface area (Å²) in [5.41, 5.74) is 13.8. The van der Waals surface area contributed by atoms with Crippen LogP contribution in [0, 0.1) is 23.0 Å². The summed E-state index contributed by atoms with van der Waals surface area (Å²) in [6, 6.07) is 8.27. The van der Waals surface area contributed by atoms with Gasteiger partial charge in [0.2, 0.25) is 0 Å². The van der Waals surface area contributed by atoms with E-state index < -0.39 is 17.7 Å². The second-order valence-corrected chi connectivity index (χ2v) is 6.38. The number of rotatable bonds is 4. The molecular formula is C20H19F2N5O. The largest absolute Gasteiger partial charge is 0.404 e. The summed E-state index contributed by atoms with van der Waals surface area (Å²) in [6.45, 7) is 0.542. The molecule has 2 aromatic carbocycles. The predicted octanol–water partition coefficient (Wildman–Crippen LogP) is 2.37. The highest BCUT2D eigenvalue weighted by atomic mass is 19.1. The highest BCUT2D eigenvalue weighted by Gasteiger charge is 2.26. The quantitative estimate of drug-likeness (QED) is 0.753. The molecule has 0 spiro atoms. The fourth-order valence-electron chi connectivity index (χ4n) is 3.23. The van der Waals surface area contributed by atoms with Gasteiger partial charge in [0, 0.05) is 25.2 Å². The smallest absolute Gasteiger partial charge is 0.322 e. The summed E-state index contributed by atoms with van der Waals surface area (Å²) >= 11 is 0. The summed E-state index contributed by atoms with van der Waals surface area (Å²) in [5.74, 6) is -1.06. The molecule has 0 unspecified atom stereocenters. The molecule has 3 rings (SSSR count). The Morgan fingerprint density at radius 3 is 2.75 bits per heavy atom. The number of anilines is 1. The minimum Gasteiger partial charge on any atom is -0.404 e. The van der Waals surface area contributed by atoms with E-state index >= 15 is 0 Å². The summed E-state index contributed by atoms with van der Waals surface area (Å²) < 4.78 is 28.0. The Balaban J connectivity index is 1.77. The van der Waals surface area contributed by atoms with Gasteiger partial charge < -0.3 is 16.8 Å². The van der Waals surface area contributed by atoms with Crippen molar-refractivity contribution in [3.8, 4) is 6.07 Å². The Bertz CT molecular complexity index is 997. The zero-order valence-electron chi connectivity index (χ0n) is 15.0. The van der Waals surface area contributed by atoms with Gasteiger partial charge in [0.1, 0.15) is 11.6 Å². The lowest BCUT2D eigenvalue weighted by Crippen LogP contribution is -2.38. The number of amides is 2. The van der Waals surface area contributed by atoms with E-state index in [1.54, 1.807) is 6.07 Å². The van der Waals surface area contributed by atoms with Crippen LogP contribution in [-0.4, -0.2) is 19.1 Å². The summed E-state index contributed by atoms with van der Waals surface area (Å²) in [6.07, 6.45) is 1.84. The van der Waals surface area contributed by atoms with E-state index in [-0.39, 0.29) is 18.7 Å². The van der Waals surface area contributed by atoms with Crippen molar-refractivity contribution in [1.29, 1.82) is 5.26 Å². The molecule has 0 radical (unpaired) electrons. The van der Waals surface area contributed by atoms with E-state index in [1.165, 1.54) is 29.3 Å². The summed E-state index contributed by atoms with van der Waals surface area (Å²) in [7, 11) is 0. The molecule has 0 saturated heterocycles. The van der Waals surface area contributed by atoms with Crippen molar-refractivity contribution in [2.24, 2.45) is 11.5 Å². The van der Waals surface area contributed by atoms with Crippen LogP contribution >= 0.6 is 0 Å². The molecule has 8 heteroatoms. The van der Waals surface area contributed by atoms with Crippen molar-refractivity contribution in [2.45, 2.75) is 13.0 Å². The molecule has 0 aliphatic carbocycles. The average molecular weight is 383 g/mol. The Morgan fingerprint density at radius 1 is 1.29 bits per heavy atom. The molecule has 1 aliphatic rings. The van der Waals surface area contributed by atoms with Crippen LogP contribution in [0.2, 0.25) is 0 Å². The fourth-order valence-corrected chi connectivity index (χ4v) is 3.23. The van der Waals surface area contributed by atoms with Crippen molar-refractivity contribution in [3.05, 3.63) is 70.4 Å². The maximum Gasteiger partial charge on any atom is 0.322 e. The molecule has 0 atom stereocenters. The molecule has 0 fully saturated rings. The highest BCUT2D eigenvalue weighted by Crippen LogP contribution is 2.32. The first-order valence-electron chi connectivity index (χ1n) is 8.65. The zero-order chi connectivity index (χ0) is 20.3. The second-order valence-electron chi connectivity index (χ2n) is 6.38. The van der Waals surface area contributed by atoms with E-state index in [0.717, 1.165) is 11.6 Å². The maximum atomic E-state index is 14.5. The number of nitrogens with zero attached hydrogens (tertiary/aromatic N) is 2. The SMILES string of the molecule is N#Cc1cc(F)cc(CNC(=O)N2CCc3cc(/C(=C/N)CN)c(F)cc32)c1. The van der Waals surface area contributed by atoms with Gasteiger partial charge in [-0.1, -0.05) is 0 Å². The topological polar surface area (TPSA) is 108 Å². The first-order chi connectivity index (χ1) is 13.5. The van der Waals surface area contributed by atoms with Crippen LogP contribution in [0.15, 0.2) is 36.5 Å². The minimum absolute atomic E-state index is 0.0465. The molecular weight excluding hydrogens is 364 g/mol. The van der Waals surface area contributed by atoms with Gasteiger partial charge in [-0.25, -0.2) is 13.6 Å². The van der Waals surface area contributed by atoms with Crippen LogP contribution in [0.4, 0.5) is 19.3 Å². The average Bonchev–Trinajstić information content (AvgIpc) is 3.09. The molecule has 2 amide bonds. The first-order valence-corrected chi connectivity index (χ1v) is 8.65. The van der Waals surface area contributed by atoms with E-state index in [2.05, 4.69) is 5.32 Å². The maximum absolute atomic E-state index is 14.5. The minimum atomic E-state index is -0.548. The third-order valence-electron chi connectivity index (χ3n) is 4.61. The van der Waals surface area contributed by atoms with Crippen molar-refractivity contribution in [1.82, 2.24) is 5.32 Å². The second kappa shape index (κ2) is 8.06.